The van der Waals surface area contributed by atoms with Crippen molar-refractivity contribution in [1.29, 1.82) is 0 Å². The van der Waals surface area contributed by atoms with E-state index in [0.717, 1.165) is 10.6 Å². The highest BCUT2D eigenvalue weighted by molar-refractivity contribution is 7.92. The summed E-state index contributed by atoms with van der Waals surface area (Å²) in [6, 6.07) is 8.82. The molecule has 7 nitrogen and oxygen atoms in total. The molecule has 0 aliphatic heterocycles. The van der Waals surface area contributed by atoms with Crippen LogP contribution in [0.5, 0.6) is 0 Å². The van der Waals surface area contributed by atoms with Crippen LogP contribution in [0, 0.1) is 6.92 Å². The number of nitrogens with zero attached hydrogens (tertiary/aromatic N) is 2. The first-order valence-corrected chi connectivity index (χ1v) is 14.5. The van der Waals surface area contributed by atoms with Crippen LogP contribution in [0.3, 0.4) is 0 Å². The largest absolute Gasteiger partial charge is 0.352 e. The second kappa shape index (κ2) is 13.0. The van der Waals surface area contributed by atoms with Crippen LogP contribution in [-0.4, -0.2) is 50.0 Å². The topological polar surface area (TPSA) is 86.8 Å². The zero-order valence-corrected chi connectivity index (χ0v) is 24.1. The van der Waals surface area contributed by atoms with Crippen molar-refractivity contribution in [3.05, 3.63) is 62.6 Å². The molecule has 0 spiro atoms. The minimum atomic E-state index is -3.88. The Hall–Kier alpha value is -2.00. The molecule has 0 radical (unpaired) electrons. The second-order valence-electron chi connectivity index (χ2n) is 8.62. The average molecular weight is 577 g/mol. The third-order valence-electron chi connectivity index (χ3n) is 5.96. The Morgan fingerprint density at radius 3 is 2.06 bits per heavy atom. The van der Waals surface area contributed by atoms with Gasteiger partial charge in [-0.1, -0.05) is 60.8 Å². The molecule has 0 unspecified atom stereocenters. The number of carbonyl (C=O) groups is 2. The van der Waals surface area contributed by atoms with Crippen molar-refractivity contribution in [2.24, 2.45) is 0 Å². The van der Waals surface area contributed by atoms with Gasteiger partial charge in [0.15, 0.2) is 0 Å². The zero-order valence-electron chi connectivity index (χ0n) is 21.0. The van der Waals surface area contributed by atoms with Gasteiger partial charge in [0.25, 0.3) is 0 Å². The van der Waals surface area contributed by atoms with Gasteiger partial charge in [0, 0.05) is 33.2 Å². The third kappa shape index (κ3) is 7.51. The van der Waals surface area contributed by atoms with E-state index in [2.05, 4.69) is 5.32 Å². The second-order valence-corrected chi connectivity index (χ2v) is 11.7. The van der Waals surface area contributed by atoms with Crippen LogP contribution >= 0.6 is 34.8 Å². The molecule has 0 aromatic heterocycles. The maximum atomic E-state index is 13.8. The van der Waals surface area contributed by atoms with Crippen molar-refractivity contribution in [2.45, 2.75) is 59.2 Å². The van der Waals surface area contributed by atoms with E-state index in [1.807, 2.05) is 13.8 Å². The minimum absolute atomic E-state index is 0.0735. The first-order chi connectivity index (χ1) is 16.8. The van der Waals surface area contributed by atoms with Crippen LogP contribution in [-0.2, 0) is 26.2 Å². The highest BCUT2D eigenvalue weighted by Gasteiger charge is 2.33. The molecule has 0 fully saturated rings. The lowest BCUT2D eigenvalue weighted by atomic mass is 10.1. The van der Waals surface area contributed by atoms with Crippen molar-refractivity contribution in [3.63, 3.8) is 0 Å². The fourth-order valence-corrected chi connectivity index (χ4v) is 5.26. The molecule has 0 saturated heterocycles. The molecule has 0 heterocycles. The lowest BCUT2D eigenvalue weighted by Gasteiger charge is -2.34. The molecular formula is C25H32Cl3N3O4S. The van der Waals surface area contributed by atoms with Crippen molar-refractivity contribution in [1.82, 2.24) is 10.2 Å². The number of carbonyl (C=O) groups excluding carboxylic acids is 2. The summed E-state index contributed by atoms with van der Waals surface area (Å²) in [7, 11) is -3.88. The first-order valence-electron chi connectivity index (χ1n) is 11.6. The number of benzene rings is 2. The molecule has 1 N–H and O–H groups in total. The van der Waals surface area contributed by atoms with Crippen LogP contribution in [0.15, 0.2) is 36.4 Å². The average Bonchev–Trinajstić information content (AvgIpc) is 2.80. The Bertz CT molecular complexity index is 1190. The summed E-state index contributed by atoms with van der Waals surface area (Å²) >= 11 is 19.0. The Morgan fingerprint density at radius 2 is 1.53 bits per heavy atom. The quantitative estimate of drug-likeness (QED) is 0.386. The SMILES string of the molecule is CC[C@@H](C)NC(=O)[C@@H](CC)N(Cc1c(Cl)cccc1Cl)C(=O)CN(c1cccc(Cl)c1C)S(C)(=O)=O. The van der Waals surface area contributed by atoms with Gasteiger partial charge < -0.3 is 10.2 Å². The van der Waals surface area contributed by atoms with E-state index in [1.165, 1.54) is 4.90 Å². The van der Waals surface area contributed by atoms with Gasteiger partial charge in [-0.3, -0.25) is 13.9 Å². The number of hydrogen-bond donors (Lipinski definition) is 1. The molecule has 36 heavy (non-hydrogen) atoms. The van der Waals surface area contributed by atoms with E-state index in [9.17, 15) is 18.0 Å². The van der Waals surface area contributed by atoms with E-state index in [4.69, 9.17) is 34.8 Å². The molecule has 2 amide bonds. The van der Waals surface area contributed by atoms with Crippen LogP contribution in [0.4, 0.5) is 5.69 Å². The molecular weight excluding hydrogens is 545 g/mol. The van der Waals surface area contributed by atoms with Gasteiger partial charge in [-0.05, 0) is 56.5 Å². The Kier molecular flexibility index (Phi) is 10.9. The lowest BCUT2D eigenvalue weighted by molar-refractivity contribution is -0.140. The summed E-state index contributed by atoms with van der Waals surface area (Å²) in [6.07, 6.45) is 2.02. The molecule has 0 aliphatic rings. The molecule has 2 rings (SSSR count). The highest BCUT2D eigenvalue weighted by Crippen LogP contribution is 2.30. The molecule has 0 saturated carbocycles. The smallest absolute Gasteiger partial charge is 0.244 e. The summed E-state index contributed by atoms with van der Waals surface area (Å²) in [4.78, 5) is 28.3. The van der Waals surface area contributed by atoms with E-state index in [1.54, 1.807) is 50.2 Å². The summed E-state index contributed by atoms with van der Waals surface area (Å²) in [6.45, 7) is 6.66. The number of hydrogen-bond acceptors (Lipinski definition) is 4. The fourth-order valence-electron chi connectivity index (χ4n) is 3.68. The zero-order chi connectivity index (χ0) is 27.2. The summed E-state index contributed by atoms with van der Waals surface area (Å²) in [5.74, 6) is -0.921. The van der Waals surface area contributed by atoms with Gasteiger partial charge in [-0.15, -0.1) is 0 Å². The van der Waals surface area contributed by atoms with Crippen LogP contribution in [0.25, 0.3) is 0 Å². The summed E-state index contributed by atoms with van der Waals surface area (Å²) in [5, 5.41) is 3.96. The fraction of sp³-hybridized carbons (Fsp3) is 0.440. The lowest BCUT2D eigenvalue weighted by Crippen LogP contribution is -2.53. The molecule has 2 atom stereocenters. The van der Waals surface area contributed by atoms with Crippen molar-refractivity contribution in [3.8, 4) is 0 Å². The van der Waals surface area contributed by atoms with Crippen molar-refractivity contribution in [2.75, 3.05) is 17.1 Å². The van der Waals surface area contributed by atoms with E-state index < -0.39 is 28.5 Å². The van der Waals surface area contributed by atoms with E-state index in [0.29, 0.717) is 39.0 Å². The van der Waals surface area contributed by atoms with Gasteiger partial charge >= 0.3 is 0 Å². The maximum Gasteiger partial charge on any atom is 0.244 e. The normalized spacial score (nSPS) is 13.1. The van der Waals surface area contributed by atoms with Crippen molar-refractivity contribution >= 4 is 62.3 Å². The van der Waals surface area contributed by atoms with Gasteiger partial charge in [0.05, 0.1) is 11.9 Å². The third-order valence-corrected chi connectivity index (χ3v) is 8.21. The van der Waals surface area contributed by atoms with Gasteiger partial charge in [0.2, 0.25) is 21.8 Å². The molecule has 11 heteroatoms. The number of nitrogens with one attached hydrogen (secondary N) is 1. The van der Waals surface area contributed by atoms with Crippen LogP contribution < -0.4 is 9.62 Å². The van der Waals surface area contributed by atoms with Gasteiger partial charge in [0.1, 0.15) is 12.6 Å². The number of amides is 2. The number of rotatable bonds is 11. The molecule has 198 valence electrons. The molecule has 2 aromatic rings. The highest BCUT2D eigenvalue weighted by atomic mass is 35.5. The predicted octanol–water partition coefficient (Wildman–Crippen LogP) is 5.44. The summed E-state index contributed by atoms with van der Waals surface area (Å²) < 4.78 is 26.5. The maximum absolute atomic E-state index is 13.8. The van der Waals surface area contributed by atoms with Gasteiger partial charge in [-0.25, -0.2) is 8.42 Å². The number of anilines is 1. The molecule has 0 aliphatic carbocycles. The Morgan fingerprint density at radius 1 is 0.972 bits per heavy atom. The molecule has 0 bridgehead atoms. The minimum Gasteiger partial charge on any atom is -0.352 e. The summed E-state index contributed by atoms with van der Waals surface area (Å²) in [5.41, 5.74) is 1.26. The predicted molar refractivity (Wildman–Crippen MR) is 147 cm³/mol. The van der Waals surface area contributed by atoms with Crippen LogP contribution in [0.2, 0.25) is 15.1 Å². The Labute approximate surface area is 228 Å². The standard InChI is InChI=1S/C25H32Cl3N3O4S/c1-6-16(3)29-25(33)22(7-2)30(14-18-20(27)11-8-12-21(18)28)24(32)15-31(36(5,34)35)23-13-9-10-19(26)17(23)4/h8-13,16,22H,6-7,14-15H2,1-5H3,(H,29,33)/t16-,22-/m1/s1. The number of halogens is 3. The number of sulfonamides is 1. The first kappa shape index (κ1) is 30.2. The van der Waals surface area contributed by atoms with Crippen molar-refractivity contribution < 1.29 is 18.0 Å². The van der Waals surface area contributed by atoms with E-state index >= 15 is 0 Å². The van der Waals surface area contributed by atoms with Gasteiger partial charge in [-0.2, -0.15) is 0 Å². The monoisotopic (exact) mass is 575 g/mol. The molecule has 2 aromatic carbocycles. The van der Waals surface area contributed by atoms with Crippen LogP contribution in [0.1, 0.15) is 44.7 Å². The Balaban J connectivity index is 2.55. The van der Waals surface area contributed by atoms with E-state index in [-0.39, 0.29) is 24.2 Å².